The van der Waals surface area contributed by atoms with E-state index in [9.17, 15) is 4.79 Å². The molecule has 1 amide bonds. The van der Waals surface area contributed by atoms with Gasteiger partial charge in [0.2, 0.25) is 5.91 Å². The minimum absolute atomic E-state index is 0.0841. The highest BCUT2D eigenvalue weighted by atomic mass is 16.2. The number of carbonyl (C=O) groups is 1. The van der Waals surface area contributed by atoms with Crippen molar-refractivity contribution in [1.29, 1.82) is 0 Å². The lowest BCUT2D eigenvalue weighted by atomic mass is 10.2. The Morgan fingerprint density at radius 2 is 2.24 bits per heavy atom. The summed E-state index contributed by atoms with van der Waals surface area (Å²) in [6.45, 7) is 3.52. The molecule has 0 spiro atoms. The van der Waals surface area contributed by atoms with Crippen molar-refractivity contribution in [3.05, 3.63) is 5.69 Å². The Morgan fingerprint density at radius 3 is 2.88 bits per heavy atom. The van der Waals surface area contributed by atoms with E-state index in [0.29, 0.717) is 6.54 Å². The number of amides is 1. The van der Waals surface area contributed by atoms with E-state index in [1.54, 1.807) is 0 Å². The van der Waals surface area contributed by atoms with Crippen molar-refractivity contribution in [2.75, 3.05) is 23.3 Å². The smallest absolute Gasteiger partial charge is 0.244 e. The zero-order valence-corrected chi connectivity index (χ0v) is 10.4. The number of hydrogen-bond acceptors (Lipinski definition) is 3. The molecule has 0 saturated heterocycles. The molecule has 1 aliphatic heterocycles. The number of anilines is 2. The first-order valence-corrected chi connectivity index (χ1v) is 6.29. The van der Waals surface area contributed by atoms with E-state index < -0.39 is 0 Å². The Kier molecular flexibility index (Phi) is 2.34. The van der Waals surface area contributed by atoms with Gasteiger partial charge in [0.1, 0.15) is 5.69 Å². The Morgan fingerprint density at radius 1 is 1.47 bits per heavy atom. The van der Waals surface area contributed by atoms with Crippen LogP contribution in [0, 0.1) is 5.92 Å². The van der Waals surface area contributed by atoms with E-state index >= 15 is 0 Å². The van der Waals surface area contributed by atoms with Gasteiger partial charge in [-0.05, 0) is 25.2 Å². The molecule has 1 aliphatic carbocycles. The number of carbonyl (C=O) groups excluding carboxylic acids is 1. The van der Waals surface area contributed by atoms with Crippen molar-refractivity contribution in [2.45, 2.75) is 26.2 Å². The molecule has 5 heteroatoms. The van der Waals surface area contributed by atoms with E-state index in [2.05, 4.69) is 22.2 Å². The fraction of sp³-hybridized carbons (Fsp3) is 0.667. The van der Waals surface area contributed by atoms with E-state index in [4.69, 9.17) is 0 Å². The number of aryl methyl sites for hydroxylation is 2. The molecule has 1 saturated carbocycles. The van der Waals surface area contributed by atoms with Crippen LogP contribution in [0.3, 0.4) is 0 Å². The minimum Gasteiger partial charge on any atom is -0.345 e. The zero-order chi connectivity index (χ0) is 12.0. The van der Waals surface area contributed by atoms with E-state index in [1.165, 1.54) is 12.8 Å². The molecule has 17 heavy (non-hydrogen) atoms. The zero-order valence-electron chi connectivity index (χ0n) is 10.4. The first-order valence-electron chi connectivity index (χ1n) is 6.29. The van der Waals surface area contributed by atoms with Crippen LogP contribution < -0.4 is 10.2 Å². The summed E-state index contributed by atoms with van der Waals surface area (Å²) in [5.41, 5.74) is 1.91. The quantitative estimate of drug-likeness (QED) is 0.853. The fourth-order valence-corrected chi connectivity index (χ4v) is 2.50. The predicted molar refractivity (Wildman–Crippen MR) is 66.2 cm³/mol. The Bertz CT molecular complexity index is 461. The molecule has 0 bridgehead atoms. The van der Waals surface area contributed by atoms with E-state index in [-0.39, 0.29) is 5.91 Å². The third kappa shape index (κ3) is 1.79. The second-order valence-electron chi connectivity index (χ2n) is 4.99. The second-order valence-corrected chi connectivity index (χ2v) is 4.99. The first kappa shape index (κ1) is 10.6. The Hall–Kier alpha value is -1.52. The van der Waals surface area contributed by atoms with Gasteiger partial charge in [0, 0.05) is 13.6 Å². The van der Waals surface area contributed by atoms with E-state index in [1.807, 2.05) is 11.7 Å². The number of aromatic nitrogens is 2. The molecule has 3 rings (SSSR count). The number of fused-ring (bicyclic) bond motifs is 1. The molecule has 0 radical (unpaired) electrons. The summed E-state index contributed by atoms with van der Waals surface area (Å²) in [6, 6.07) is 0. The average Bonchev–Trinajstić information content (AvgIpc) is 3.03. The lowest BCUT2D eigenvalue weighted by Crippen LogP contribution is -2.40. The molecular formula is C12H18N4O. The van der Waals surface area contributed by atoms with Crippen molar-refractivity contribution in [1.82, 2.24) is 9.78 Å². The van der Waals surface area contributed by atoms with E-state index in [0.717, 1.165) is 36.1 Å². The van der Waals surface area contributed by atoms with Gasteiger partial charge in [-0.25, -0.2) is 0 Å². The number of rotatable bonds is 3. The fourth-order valence-electron chi connectivity index (χ4n) is 2.50. The maximum atomic E-state index is 11.7. The van der Waals surface area contributed by atoms with Crippen LogP contribution in [0.15, 0.2) is 0 Å². The van der Waals surface area contributed by atoms with Gasteiger partial charge < -0.3 is 10.2 Å². The summed E-state index contributed by atoms with van der Waals surface area (Å²) in [7, 11) is 1.95. The number of nitrogens with zero attached hydrogens (tertiary/aromatic N) is 3. The SMILES string of the molecule is CCc1nn(C)c2c1NC(=O)CN2CC1CC1. The van der Waals surface area contributed by atoms with Crippen LogP contribution in [0.5, 0.6) is 0 Å². The summed E-state index contributed by atoms with van der Waals surface area (Å²) >= 11 is 0. The monoisotopic (exact) mass is 234 g/mol. The van der Waals surface area contributed by atoms with Crippen LogP contribution in [0.25, 0.3) is 0 Å². The highest BCUT2D eigenvalue weighted by Gasteiger charge is 2.32. The van der Waals surface area contributed by atoms with Crippen LogP contribution in [0.1, 0.15) is 25.5 Å². The maximum absolute atomic E-state index is 11.7. The maximum Gasteiger partial charge on any atom is 0.244 e. The molecule has 92 valence electrons. The van der Waals surface area contributed by atoms with Gasteiger partial charge in [0.15, 0.2) is 5.82 Å². The average molecular weight is 234 g/mol. The van der Waals surface area contributed by atoms with Gasteiger partial charge in [-0.3, -0.25) is 9.48 Å². The summed E-state index contributed by atoms with van der Waals surface area (Å²) in [4.78, 5) is 13.9. The van der Waals surface area contributed by atoms with Crippen LogP contribution in [0.4, 0.5) is 11.5 Å². The summed E-state index contributed by atoms with van der Waals surface area (Å²) < 4.78 is 1.90. The van der Waals surface area contributed by atoms with Crippen LogP contribution in [-0.4, -0.2) is 28.8 Å². The molecule has 2 aliphatic rings. The normalized spacial score (nSPS) is 19.2. The lowest BCUT2D eigenvalue weighted by molar-refractivity contribution is -0.115. The first-order chi connectivity index (χ1) is 8.19. The highest BCUT2D eigenvalue weighted by molar-refractivity contribution is 6.01. The third-order valence-electron chi connectivity index (χ3n) is 3.50. The number of hydrogen-bond donors (Lipinski definition) is 1. The third-order valence-corrected chi connectivity index (χ3v) is 3.50. The van der Waals surface area contributed by atoms with Crippen LogP contribution in [-0.2, 0) is 18.3 Å². The number of nitrogens with one attached hydrogen (secondary N) is 1. The largest absolute Gasteiger partial charge is 0.345 e. The summed E-state index contributed by atoms with van der Waals surface area (Å²) in [5, 5.41) is 7.44. The molecule has 1 N–H and O–H groups in total. The van der Waals surface area contributed by atoms with Gasteiger partial charge >= 0.3 is 0 Å². The Balaban J connectivity index is 1.98. The molecule has 2 heterocycles. The second kappa shape index (κ2) is 3.75. The molecule has 0 atom stereocenters. The predicted octanol–water partition coefficient (Wildman–Crippen LogP) is 1.15. The van der Waals surface area contributed by atoms with Gasteiger partial charge in [0.25, 0.3) is 0 Å². The molecular weight excluding hydrogens is 216 g/mol. The van der Waals surface area contributed by atoms with Crippen molar-refractivity contribution in [2.24, 2.45) is 13.0 Å². The lowest BCUT2D eigenvalue weighted by Gasteiger charge is -2.29. The molecule has 0 aromatic carbocycles. The van der Waals surface area contributed by atoms with Crippen molar-refractivity contribution in [3.63, 3.8) is 0 Å². The molecule has 1 aromatic heterocycles. The van der Waals surface area contributed by atoms with Gasteiger partial charge in [-0.15, -0.1) is 0 Å². The topological polar surface area (TPSA) is 50.2 Å². The summed E-state index contributed by atoms with van der Waals surface area (Å²) in [5.74, 6) is 1.93. The Labute approximate surface area is 101 Å². The van der Waals surface area contributed by atoms with Crippen molar-refractivity contribution < 1.29 is 4.79 Å². The molecule has 5 nitrogen and oxygen atoms in total. The van der Waals surface area contributed by atoms with Gasteiger partial charge in [-0.2, -0.15) is 5.10 Å². The minimum atomic E-state index is 0.0841. The van der Waals surface area contributed by atoms with Gasteiger partial charge in [0.05, 0.1) is 12.2 Å². The molecule has 1 fully saturated rings. The van der Waals surface area contributed by atoms with Crippen molar-refractivity contribution >= 4 is 17.4 Å². The van der Waals surface area contributed by atoms with Crippen LogP contribution >= 0.6 is 0 Å². The molecule has 0 unspecified atom stereocenters. The summed E-state index contributed by atoms with van der Waals surface area (Å²) in [6.07, 6.45) is 3.44. The van der Waals surface area contributed by atoms with Gasteiger partial charge in [-0.1, -0.05) is 6.92 Å². The highest BCUT2D eigenvalue weighted by Crippen LogP contribution is 2.36. The standard InChI is InChI=1S/C12H18N4O/c1-3-9-11-12(15(2)14-9)16(6-8-4-5-8)7-10(17)13-11/h8H,3-7H2,1-2H3,(H,13,17). The van der Waals surface area contributed by atoms with Crippen molar-refractivity contribution in [3.8, 4) is 0 Å². The van der Waals surface area contributed by atoms with Crippen LogP contribution in [0.2, 0.25) is 0 Å². The molecule has 1 aromatic rings.